The highest BCUT2D eigenvalue weighted by Gasteiger charge is 2.72. The number of carbonyl (C=O) groups is 1. The number of hydrogen-bond acceptors (Lipinski definition) is 3. The summed E-state index contributed by atoms with van der Waals surface area (Å²) in [6, 6.07) is 0.343. The Balaban J connectivity index is 1.88. The molecule has 18 heavy (non-hydrogen) atoms. The molecule has 1 amide bonds. The topological polar surface area (TPSA) is 55.6 Å². The molecule has 1 aliphatic carbocycles. The summed E-state index contributed by atoms with van der Waals surface area (Å²) < 4.78 is 5.75. The van der Waals surface area contributed by atoms with Crippen LogP contribution in [0.3, 0.4) is 0 Å². The lowest BCUT2D eigenvalue weighted by atomic mass is 9.47. The third-order valence-electron chi connectivity index (χ3n) is 5.62. The van der Waals surface area contributed by atoms with E-state index in [1.807, 2.05) is 4.90 Å². The first-order valence-corrected chi connectivity index (χ1v) is 7.12. The van der Waals surface area contributed by atoms with Gasteiger partial charge >= 0.3 is 0 Å². The minimum absolute atomic E-state index is 0.157. The maximum atomic E-state index is 12.9. The average Bonchev–Trinajstić information content (AvgIpc) is 2.94. The van der Waals surface area contributed by atoms with Gasteiger partial charge in [-0.15, -0.1) is 0 Å². The van der Waals surface area contributed by atoms with Gasteiger partial charge in [0.25, 0.3) is 0 Å². The van der Waals surface area contributed by atoms with Crippen LogP contribution in [0.1, 0.15) is 40.0 Å². The summed E-state index contributed by atoms with van der Waals surface area (Å²) in [5.74, 6) is 0.372. The van der Waals surface area contributed by atoms with E-state index in [2.05, 4.69) is 20.8 Å². The van der Waals surface area contributed by atoms with Gasteiger partial charge in [0.15, 0.2) is 0 Å². The first-order chi connectivity index (χ1) is 8.40. The zero-order valence-corrected chi connectivity index (χ0v) is 11.6. The average molecular weight is 252 g/mol. The predicted molar refractivity (Wildman–Crippen MR) is 69.0 cm³/mol. The zero-order valence-electron chi connectivity index (χ0n) is 11.6. The highest BCUT2D eigenvalue weighted by Crippen LogP contribution is 2.58. The third-order valence-corrected chi connectivity index (χ3v) is 5.62. The normalized spacial score (nSPS) is 45.8. The van der Waals surface area contributed by atoms with Crippen LogP contribution in [0.15, 0.2) is 0 Å². The molecule has 0 aromatic heterocycles. The van der Waals surface area contributed by atoms with Crippen molar-refractivity contribution >= 4 is 5.91 Å². The van der Waals surface area contributed by atoms with Crippen molar-refractivity contribution in [2.45, 2.75) is 57.7 Å². The van der Waals surface area contributed by atoms with Crippen LogP contribution >= 0.6 is 0 Å². The molecule has 0 aromatic carbocycles. The molecular formula is C14H24N2O2. The Morgan fingerprint density at radius 1 is 1.39 bits per heavy atom. The number of fused-ring (bicyclic) bond motifs is 1. The molecule has 3 aliphatic rings. The van der Waals surface area contributed by atoms with Crippen molar-refractivity contribution in [2.75, 3.05) is 13.2 Å². The second-order valence-electron chi connectivity index (χ2n) is 6.77. The number of hydrogen-bond donors (Lipinski definition) is 1. The molecule has 4 nitrogen and oxygen atoms in total. The summed E-state index contributed by atoms with van der Waals surface area (Å²) in [6.07, 6.45) is 3.31. The van der Waals surface area contributed by atoms with E-state index in [0.717, 1.165) is 32.4 Å². The van der Waals surface area contributed by atoms with Crippen molar-refractivity contribution < 1.29 is 9.53 Å². The molecule has 4 atom stereocenters. The van der Waals surface area contributed by atoms with E-state index in [4.69, 9.17) is 10.5 Å². The van der Waals surface area contributed by atoms with E-state index in [9.17, 15) is 4.79 Å². The lowest BCUT2D eigenvalue weighted by Gasteiger charge is -2.61. The van der Waals surface area contributed by atoms with Crippen molar-refractivity contribution in [3.8, 4) is 0 Å². The molecule has 102 valence electrons. The highest BCUT2D eigenvalue weighted by molar-refractivity contribution is 5.90. The van der Waals surface area contributed by atoms with Gasteiger partial charge in [-0.3, -0.25) is 4.79 Å². The number of amides is 1. The van der Waals surface area contributed by atoms with Gasteiger partial charge in [-0.05, 0) is 26.2 Å². The Bertz CT molecular complexity index is 382. The molecule has 2 aliphatic heterocycles. The van der Waals surface area contributed by atoms with Crippen molar-refractivity contribution in [2.24, 2.45) is 17.1 Å². The summed E-state index contributed by atoms with van der Waals surface area (Å²) in [5.41, 5.74) is 5.62. The van der Waals surface area contributed by atoms with Crippen molar-refractivity contribution in [1.82, 2.24) is 4.90 Å². The first-order valence-electron chi connectivity index (χ1n) is 7.12. The number of nitrogens with zero attached hydrogens (tertiary/aromatic N) is 1. The highest BCUT2D eigenvalue weighted by atomic mass is 16.5. The first kappa shape index (κ1) is 12.4. The summed E-state index contributed by atoms with van der Waals surface area (Å²) in [7, 11) is 0. The van der Waals surface area contributed by atoms with Gasteiger partial charge in [-0.1, -0.05) is 13.8 Å². The minimum Gasteiger partial charge on any atom is -0.377 e. The molecule has 2 saturated heterocycles. The maximum Gasteiger partial charge on any atom is 0.243 e. The summed E-state index contributed by atoms with van der Waals surface area (Å²) >= 11 is 0. The fourth-order valence-corrected chi connectivity index (χ4v) is 4.29. The monoisotopic (exact) mass is 252 g/mol. The third kappa shape index (κ3) is 1.26. The molecule has 4 unspecified atom stereocenters. The molecule has 1 saturated carbocycles. The Morgan fingerprint density at radius 2 is 2.11 bits per heavy atom. The SMILES string of the molecule is CC1CCCN1C(=O)C1(N)C2CCOC2C1(C)C. The fraction of sp³-hybridized carbons (Fsp3) is 0.929. The molecule has 0 radical (unpaired) electrons. The maximum absolute atomic E-state index is 12.9. The van der Waals surface area contributed by atoms with E-state index in [1.165, 1.54) is 0 Å². The minimum atomic E-state index is -0.716. The van der Waals surface area contributed by atoms with Crippen LogP contribution in [0, 0.1) is 11.3 Å². The van der Waals surface area contributed by atoms with Crippen LogP contribution in [0.5, 0.6) is 0 Å². The van der Waals surface area contributed by atoms with Crippen LogP contribution in [0.25, 0.3) is 0 Å². The molecule has 0 aromatic rings. The summed E-state index contributed by atoms with van der Waals surface area (Å²) in [4.78, 5) is 14.9. The molecular weight excluding hydrogens is 228 g/mol. The number of ether oxygens (including phenoxy) is 1. The smallest absolute Gasteiger partial charge is 0.243 e. The quantitative estimate of drug-likeness (QED) is 0.761. The largest absolute Gasteiger partial charge is 0.377 e. The van der Waals surface area contributed by atoms with Crippen LogP contribution in [-0.2, 0) is 9.53 Å². The van der Waals surface area contributed by atoms with Gasteiger partial charge in [0.05, 0.1) is 6.10 Å². The summed E-state index contributed by atoms with van der Waals surface area (Å²) in [5, 5.41) is 0. The molecule has 0 spiro atoms. The lowest BCUT2D eigenvalue weighted by Crippen LogP contribution is -2.80. The van der Waals surface area contributed by atoms with Crippen LogP contribution in [-0.4, -0.2) is 41.6 Å². The Kier molecular flexibility index (Phi) is 2.55. The predicted octanol–water partition coefficient (Wildman–Crippen LogP) is 1.14. The second kappa shape index (κ2) is 3.70. The Labute approximate surface area is 109 Å². The van der Waals surface area contributed by atoms with Crippen molar-refractivity contribution in [3.05, 3.63) is 0 Å². The fourth-order valence-electron chi connectivity index (χ4n) is 4.29. The van der Waals surface area contributed by atoms with Crippen LogP contribution in [0.2, 0.25) is 0 Å². The van der Waals surface area contributed by atoms with Gasteiger partial charge in [0.2, 0.25) is 5.91 Å². The molecule has 2 heterocycles. The van der Waals surface area contributed by atoms with E-state index in [1.54, 1.807) is 0 Å². The van der Waals surface area contributed by atoms with Gasteiger partial charge in [0, 0.05) is 30.5 Å². The molecule has 2 N–H and O–H groups in total. The number of likely N-dealkylation sites (tertiary alicyclic amines) is 1. The number of nitrogens with two attached hydrogens (primary N) is 1. The van der Waals surface area contributed by atoms with E-state index in [0.29, 0.717) is 6.04 Å². The van der Waals surface area contributed by atoms with Gasteiger partial charge in [0.1, 0.15) is 5.54 Å². The van der Waals surface area contributed by atoms with Gasteiger partial charge in [-0.2, -0.15) is 0 Å². The molecule has 3 rings (SSSR count). The zero-order chi connectivity index (χ0) is 13.1. The van der Waals surface area contributed by atoms with Crippen LogP contribution in [0.4, 0.5) is 0 Å². The number of carbonyl (C=O) groups excluding carboxylic acids is 1. The molecule has 4 heteroatoms. The Morgan fingerprint density at radius 3 is 2.72 bits per heavy atom. The summed E-state index contributed by atoms with van der Waals surface area (Å²) in [6.45, 7) is 7.91. The van der Waals surface area contributed by atoms with E-state index < -0.39 is 5.54 Å². The lowest BCUT2D eigenvalue weighted by molar-refractivity contribution is -0.184. The van der Waals surface area contributed by atoms with Crippen molar-refractivity contribution in [1.29, 1.82) is 0 Å². The standard InChI is InChI=1S/C14H24N2O2/c1-9-5-4-7-16(9)12(17)14(15)10-6-8-18-11(10)13(14,2)3/h9-11H,4-8,15H2,1-3H3. The van der Waals surface area contributed by atoms with Crippen LogP contribution < -0.4 is 5.73 Å². The van der Waals surface area contributed by atoms with Crippen molar-refractivity contribution in [3.63, 3.8) is 0 Å². The van der Waals surface area contributed by atoms with Gasteiger partial charge in [-0.25, -0.2) is 0 Å². The number of rotatable bonds is 1. The van der Waals surface area contributed by atoms with E-state index in [-0.39, 0.29) is 23.3 Å². The van der Waals surface area contributed by atoms with Gasteiger partial charge < -0.3 is 15.4 Å². The second-order valence-corrected chi connectivity index (χ2v) is 6.77. The molecule has 0 bridgehead atoms. The molecule has 3 fully saturated rings. The van der Waals surface area contributed by atoms with E-state index >= 15 is 0 Å². The Hall–Kier alpha value is -0.610.